The van der Waals surface area contributed by atoms with Crippen molar-refractivity contribution in [3.8, 4) is 0 Å². The van der Waals surface area contributed by atoms with Gasteiger partial charge in [-0.15, -0.1) is 0 Å². The standard InChI is InChI=1S/C36H47N5O6/c1-36(2,3)47-35(45)40-14-4-5-27(21-40)24-46-23-26-8-6-25(7-9-26)20-38-15-17-39(18-16-38)29-10-11-30-28(19-29)22-41(34(30)44)31-12-13-32(42)37-33(31)43/h6-11,19,27,31H,4-5,12-18,20-24H2,1-3H3,(H,37,42,43)/t27-,31?/m0/s1. The van der Waals surface area contributed by atoms with Gasteiger partial charge in [0.1, 0.15) is 11.6 Å². The molecule has 4 aliphatic heterocycles. The second-order valence-corrected chi connectivity index (χ2v) is 14.3. The number of likely N-dealkylation sites (tertiary alicyclic amines) is 1. The van der Waals surface area contributed by atoms with Crippen molar-refractivity contribution in [2.75, 3.05) is 50.8 Å². The van der Waals surface area contributed by atoms with E-state index in [4.69, 9.17) is 9.47 Å². The molecule has 0 radical (unpaired) electrons. The fourth-order valence-corrected chi connectivity index (χ4v) is 6.96. The molecule has 2 aromatic carbocycles. The maximum absolute atomic E-state index is 13.0. The van der Waals surface area contributed by atoms with Gasteiger partial charge in [-0.25, -0.2) is 4.79 Å². The van der Waals surface area contributed by atoms with Gasteiger partial charge in [-0.2, -0.15) is 0 Å². The Kier molecular flexibility index (Phi) is 9.84. The average molecular weight is 646 g/mol. The smallest absolute Gasteiger partial charge is 0.410 e. The first-order valence-electron chi connectivity index (χ1n) is 16.9. The molecule has 0 aromatic heterocycles. The number of ether oxygens (including phenoxy) is 2. The van der Waals surface area contributed by atoms with Gasteiger partial charge in [-0.1, -0.05) is 24.3 Å². The molecule has 0 aliphatic carbocycles. The zero-order valence-corrected chi connectivity index (χ0v) is 27.8. The lowest BCUT2D eigenvalue weighted by molar-refractivity contribution is -0.136. The lowest BCUT2D eigenvalue weighted by Crippen LogP contribution is -2.52. The molecule has 1 unspecified atom stereocenters. The summed E-state index contributed by atoms with van der Waals surface area (Å²) in [6.45, 7) is 13.2. The first kappa shape index (κ1) is 33.0. The van der Waals surface area contributed by atoms with Gasteiger partial charge < -0.3 is 24.2 Å². The van der Waals surface area contributed by atoms with Crippen molar-refractivity contribution in [3.05, 3.63) is 64.7 Å². The Bertz CT molecular complexity index is 1480. The zero-order chi connectivity index (χ0) is 33.1. The minimum atomic E-state index is -0.596. The number of carbonyl (C=O) groups is 4. The summed E-state index contributed by atoms with van der Waals surface area (Å²) in [6.07, 6.45) is 2.41. The van der Waals surface area contributed by atoms with Crippen molar-refractivity contribution in [2.45, 2.75) is 77.8 Å². The number of amides is 4. The fraction of sp³-hybridized carbons (Fsp3) is 0.556. The molecule has 3 fully saturated rings. The molecule has 4 aliphatic rings. The molecule has 0 spiro atoms. The summed E-state index contributed by atoms with van der Waals surface area (Å²) in [6, 6.07) is 14.0. The van der Waals surface area contributed by atoms with E-state index in [1.807, 2.05) is 37.8 Å². The third-order valence-corrected chi connectivity index (χ3v) is 9.47. The normalized spacial score (nSPS) is 22.4. The highest BCUT2D eigenvalue weighted by molar-refractivity contribution is 6.05. The number of rotatable bonds is 8. The first-order valence-corrected chi connectivity index (χ1v) is 16.9. The predicted molar refractivity (Wildman–Crippen MR) is 177 cm³/mol. The topological polar surface area (TPSA) is 112 Å². The van der Waals surface area contributed by atoms with Crippen LogP contribution in [0.1, 0.15) is 73.5 Å². The van der Waals surface area contributed by atoms with E-state index in [9.17, 15) is 19.2 Å². The van der Waals surface area contributed by atoms with Crippen LogP contribution in [-0.4, -0.2) is 96.0 Å². The molecule has 11 heteroatoms. The van der Waals surface area contributed by atoms with Gasteiger partial charge in [0.15, 0.2) is 0 Å². The first-order chi connectivity index (χ1) is 22.5. The third kappa shape index (κ3) is 8.13. The van der Waals surface area contributed by atoms with E-state index < -0.39 is 11.6 Å². The van der Waals surface area contributed by atoms with Crippen LogP contribution >= 0.6 is 0 Å². The largest absolute Gasteiger partial charge is 0.444 e. The number of piperazine rings is 1. The third-order valence-electron chi connectivity index (χ3n) is 9.47. The maximum Gasteiger partial charge on any atom is 0.410 e. The maximum atomic E-state index is 13.0. The van der Waals surface area contributed by atoms with Gasteiger partial charge in [0.25, 0.3) is 5.91 Å². The Hall–Kier alpha value is -3.96. The van der Waals surface area contributed by atoms with Crippen LogP contribution in [0.2, 0.25) is 0 Å². The number of nitrogens with zero attached hydrogens (tertiary/aromatic N) is 4. The molecule has 2 aromatic rings. The molecule has 0 bridgehead atoms. The van der Waals surface area contributed by atoms with Crippen LogP contribution < -0.4 is 10.2 Å². The molecule has 11 nitrogen and oxygen atoms in total. The van der Waals surface area contributed by atoms with Crippen LogP contribution in [0.25, 0.3) is 0 Å². The van der Waals surface area contributed by atoms with Crippen LogP contribution in [0.4, 0.5) is 10.5 Å². The minimum absolute atomic E-state index is 0.140. The molecule has 1 N–H and O–H groups in total. The van der Waals surface area contributed by atoms with E-state index in [-0.39, 0.29) is 30.2 Å². The van der Waals surface area contributed by atoms with E-state index in [1.165, 1.54) is 5.56 Å². The Balaban J connectivity index is 0.929. The van der Waals surface area contributed by atoms with Crippen LogP contribution in [0.5, 0.6) is 0 Å². The Morgan fingerprint density at radius 2 is 1.68 bits per heavy atom. The Morgan fingerprint density at radius 1 is 0.936 bits per heavy atom. The number of hydrogen-bond acceptors (Lipinski definition) is 8. The van der Waals surface area contributed by atoms with E-state index in [0.717, 1.165) is 68.9 Å². The molecule has 0 saturated carbocycles. The van der Waals surface area contributed by atoms with Crippen LogP contribution in [-0.2, 0) is 38.8 Å². The molecule has 2 atom stereocenters. The molecular formula is C36H47N5O6. The van der Waals surface area contributed by atoms with Gasteiger partial charge in [-0.3, -0.25) is 24.6 Å². The van der Waals surface area contributed by atoms with Crippen molar-refractivity contribution in [2.24, 2.45) is 5.92 Å². The van der Waals surface area contributed by atoms with E-state index >= 15 is 0 Å². The number of anilines is 1. The number of hydrogen-bond donors (Lipinski definition) is 1. The predicted octanol–water partition coefficient (Wildman–Crippen LogP) is 3.93. The molecule has 3 saturated heterocycles. The molecular weight excluding hydrogens is 598 g/mol. The number of imide groups is 1. The Labute approximate surface area is 277 Å². The summed E-state index contributed by atoms with van der Waals surface area (Å²) in [5, 5.41) is 2.37. The molecule has 47 heavy (non-hydrogen) atoms. The number of benzene rings is 2. The van der Waals surface area contributed by atoms with E-state index in [0.29, 0.717) is 44.2 Å². The minimum Gasteiger partial charge on any atom is -0.444 e. The van der Waals surface area contributed by atoms with E-state index in [2.05, 4.69) is 45.4 Å². The van der Waals surface area contributed by atoms with Gasteiger partial charge in [-0.05, 0) is 74.9 Å². The highest BCUT2D eigenvalue weighted by atomic mass is 16.6. The van der Waals surface area contributed by atoms with Crippen molar-refractivity contribution in [3.63, 3.8) is 0 Å². The van der Waals surface area contributed by atoms with E-state index in [1.54, 1.807) is 4.90 Å². The lowest BCUT2D eigenvalue weighted by atomic mass is 9.99. The number of carbonyl (C=O) groups excluding carboxylic acids is 4. The highest BCUT2D eigenvalue weighted by Gasteiger charge is 2.39. The summed E-state index contributed by atoms with van der Waals surface area (Å²) in [7, 11) is 0. The summed E-state index contributed by atoms with van der Waals surface area (Å²) >= 11 is 0. The molecule has 252 valence electrons. The molecule has 4 amide bonds. The summed E-state index contributed by atoms with van der Waals surface area (Å²) in [5.74, 6) is -0.480. The summed E-state index contributed by atoms with van der Waals surface area (Å²) in [4.78, 5) is 57.7. The van der Waals surface area contributed by atoms with Crippen molar-refractivity contribution >= 4 is 29.5 Å². The fourth-order valence-electron chi connectivity index (χ4n) is 6.96. The van der Waals surface area contributed by atoms with Crippen molar-refractivity contribution < 1.29 is 28.7 Å². The zero-order valence-electron chi connectivity index (χ0n) is 27.8. The van der Waals surface area contributed by atoms with Crippen LogP contribution in [0, 0.1) is 5.92 Å². The van der Waals surface area contributed by atoms with Gasteiger partial charge >= 0.3 is 6.09 Å². The summed E-state index contributed by atoms with van der Waals surface area (Å²) in [5.41, 5.74) is 4.60. The van der Waals surface area contributed by atoms with Gasteiger partial charge in [0, 0.05) is 75.9 Å². The number of piperidine rings is 2. The van der Waals surface area contributed by atoms with Crippen molar-refractivity contribution in [1.29, 1.82) is 0 Å². The second kappa shape index (κ2) is 14.0. The Morgan fingerprint density at radius 3 is 2.40 bits per heavy atom. The van der Waals surface area contributed by atoms with Gasteiger partial charge in [0.2, 0.25) is 11.8 Å². The van der Waals surface area contributed by atoms with Crippen molar-refractivity contribution in [1.82, 2.24) is 20.0 Å². The van der Waals surface area contributed by atoms with Crippen LogP contribution in [0.3, 0.4) is 0 Å². The van der Waals surface area contributed by atoms with Crippen LogP contribution in [0.15, 0.2) is 42.5 Å². The lowest BCUT2D eigenvalue weighted by Gasteiger charge is -2.36. The quantitative estimate of drug-likeness (QED) is 0.430. The molecule has 6 rings (SSSR count). The number of nitrogens with one attached hydrogen (secondary N) is 1. The molecule has 4 heterocycles. The average Bonchev–Trinajstić information content (AvgIpc) is 3.36. The summed E-state index contributed by atoms with van der Waals surface area (Å²) < 4.78 is 11.6. The highest BCUT2D eigenvalue weighted by Crippen LogP contribution is 2.31. The SMILES string of the molecule is CC(C)(C)OC(=O)N1CCC[C@H](COCc2ccc(CN3CCN(c4ccc5c(c4)CN(C4CCC(=O)NC4=O)C5=O)CC3)cc2)C1. The van der Waals surface area contributed by atoms with Gasteiger partial charge in [0.05, 0.1) is 13.2 Å². The number of fused-ring (bicyclic) bond motifs is 1. The monoisotopic (exact) mass is 645 g/mol. The second-order valence-electron chi connectivity index (χ2n) is 14.3.